The summed E-state index contributed by atoms with van der Waals surface area (Å²) < 4.78 is 45.3. The smallest absolute Gasteiger partial charge is 0.288 e. The molecule has 1 amide bonds. The number of rotatable bonds is 6. The van der Waals surface area contributed by atoms with Crippen molar-refractivity contribution in [3.05, 3.63) is 47.7 Å². The Hall–Kier alpha value is -2.29. The Labute approximate surface area is 158 Å². The molecule has 2 aromatic rings. The molecule has 0 radical (unpaired) electrons. The van der Waals surface area contributed by atoms with Crippen LogP contribution in [-0.4, -0.2) is 45.7 Å². The van der Waals surface area contributed by atoms with Crippen LogP contribution in [-0.2, 0) is 6.42 Å². The zero-order chi connectivity index (χ0) is 19.4. The molecular formula is C18H18F3N3O2S. The van der Waals surface area contributed by atoms with Gasteiger partial charge in [-0.25, -0.2) is 4.98 Å². The fourth-order valence-electron chi connectivity index (χ4n) is 2.90. The van der Waals surface area contributed by atoms with E-state index in [0.717, 1.165) is 0 Å². The van der Waals surface area contributed by atoms with E-state index in [1.807, 2.05) is 0 Å². The summed E-state index contributed by atoms with van der Waals surface area (Å²) >= 11 is 0.343. The van der Waals surface area contributed by atoms with E-state index in [-0.39, 0.29) is 34.5 Å². The highest BCUT2D eigenvalue weighted by Gasteiger charge is 2.30. The maximum Gasteiger partial charge on any atom is 0.288 e. The predicted molar refractivity (Wildman–Crippen MR) is 94.6 cm³/mol. The van der Waals surface area contributed by atoms with Crippen molar-refractivity contribution in [2.75, 3.05) is 13.1 Å². The number of hydrogen-bond donors (Lipinski definition) is 0. The summed E-state index contributed by atoms with van der Waals surface area (Å²) in [6.45, 7) is 2.40. The van der Waals surface area contributed by atoms with Crippen molar-refractivity contribution in [1.29, 1.82) is 0 Å². The molecule has 2 heterocycles. The second-order valence-electron chi connectivity index (χ2n) is 5.95. The standard InChI is InChI=1S/C18H18F3N3O2S/c1-2-13-15(19)16(23-10-22-13)26-11-7-8-24(9-11)17(25)12-5-3-4-6-14(12)27-18(20)21/h3-6,10-11,18H,2,7-9H2,1H3. The molecule has 0 aliphatic carbocycles. The number of amides is 1. The van der Waals surface area contributed by atoms with Crippen LogP contribution in [0.3, 0.4) is 0 Å². The van der Waals surface area contributed by atoms with E-state index in [9.17, 15) is 18.0 Å². The number of carbonyl (C=O) groups excluding carboxylic acids is 1. The zero-order valence-electron chi connectivity index (χ0n) is 14.6. The van der Waals surface area contributed by atoms with Crippen LogP contribution in [0.25, 0.3) is 0 Å². The lowest BCUT2D eigenvalue weighted by Gasteiger charge is -2.18. The van der Waals surface area contributed by atoms with Crippen LogP contribution in [0.1, 0.15) is 29.4 Å². The van der Waals surface area contributed by atoms with Gasteiger partial charge in [0.15, 0.2) is 0 Å². The highest BCUT2D eigenvalue weighted by atomic mass is 32.2. The summed E-state index contributed by atoms with van der Waals surface area (Å²) in [5.74, 6) is -3.68. The summed E-state index contributed by atoms with van der Waals surface area (Å²) in [6, 6.07) is 6.27. The molecule has 27 heavy (non-hydrogen) atoms. The molecule has 3 rings (SSSR count). The molecule has 1 saturated heterocycles. The number of nitrogens with zero attached hydrogens (tertiary/aromatic N) is 3. The van der Waals surface area contributed by atoms with Gasteiger partial charge < -0.3 is 9.64 Å². The number of likely N-dealkylation sites (tertiary alicyclic amines) is 1. The van der Waals surface area contributed by atoms with Gasteiger partial charge in [0, 0.05) is 17.9 Å². The summed E-state index contributed by atoms with van der Waals surface area (Å²) in [7, 11) is 0. The lowest BCUT2D eigenvalue weighted by Crippen LogP contribution is -2.31. The number of ether oxygens (including phenoxy) is 1. The van der Waals surface area contributed by atoms with Crippen LogP contribution in [0.15, 0.2) is 35.5 Å². The summed E-state index contributed by atoms with van der Waals surface area (Å²) in [4.78, 5) is 22.2. The maximum absolute atomic E-state index is 14.2. The molecule has 1 aliphatic heterocycles. The van der Waals surface area contributed by atoms with Crippen LogP contribution >= 0.6 is 11.8 Å². The van der Waals surface area contributed by atoms with Gasteiger partial charge in [-0.15, -0.1) is 0 Å². The van der Waals surface area contributed by atoms with E-state index in [2.05, 4.69) is 9.97 Å². The Kier molecular flexibility index (Phi) is 6.20. The van der Waals surface area contributed by atoms with Crippen molar-refractivity contribution < 1.29 is 22.7 Å². The SMILES string of the molecule is CCc1ncnc(OC2CCN(C(=O)c3ccccc3SC(F)F)C2)c1F. The first-order valence-corrected chi connectivity index (χ1v) is 9.36. The van der Waals surface area contributed by atoms with Gasteiger partial charge in [0.1, 0.15) is 12.4 Å². The average molecular weight is 397 g/mol. The quantitative estimate of drug-likeness (QED) is 0.695. The van der Waals surface area contributed by atoms with Crippen LogP contribution < -0.4 is 4.74 Å². The Morgan fingerprint density at radius 2 is 2.15 bits per heavy atom. The lowest BCUT2D eigenvalue weighted by atomic mass is 10.2. The Bertz CT molecular complexity index is 822. The monoisotopic (exact) mass is 397 g/mol. The molecule has 0 saturated carbocycles. The Morgan fingerprint density at radius 1 is 1.37 bits per heavy atom. The fraction of sp³-hybridized carbons (Fsp3) is 0.389. The molecule has 0 N–H and O–H groups in total. The van der Waals surface area contributed by atoms with Gasteiger partial charge in [0.05, 0.1) is 17.8 Å². The van der Waals surface area contributed by atoms with Gasteiger partial charge in [-0.3, -0.25) is 4.79 Å². The van der Waals surface area contributed by atoms with E-state index in [1.165, 1.54) is 23.4 Å². The minimum Gasteiger partial charge on any atom is -0.470 e. The fourth-order valence-corrected chi connectivity index (χ4v) is 3.53. The van der Waals surface area contributed by atoms with Crippen LogP contribution in [0.2, 0.25) is 0 Å². The van der Waals surface area contributed by atoms with Crippen molar-refractivity contribution in [2.24, 2.45) is 0 Å². The maximum atomic E-state index is 14.2. The zero-order valence-corrected chi connectivity index (χ0v) is 15.4. The molecule has 1 aromatic carbocycles. The number of benzene rings is 1. The molecule has 1 unspecified atom stereocenters. The molecule has 0 spiro atoms. The summed E-state index contributed by atoms with van der Waals surface area (Å²) in [6.07, 6.45) is 1.74. The minimum atomic E-state index is -2.61. The van der Waals surface area contributed by atoms with Crippen LogP contribution in [0, 0.1) is 5.82 Å². The van der Waals surface area contributed by atoms with Crippen molar-refractivity contribution >= 4 is 17.7 Å². The summed E-state index contributed by atoms with van der Waals surface area (Å²) in [5, 5.41) is 0. The third-order valence-electron chi connectivity index (χ3n) is 4.21. The van der Waals surface area contributed by atoms with Gasteiger partial charge in [-0.1, -0.05) is 30.8 Å². The number of thioether (sulfide) groups is 1. The predicted octanol–water partition coefficient (Wildman–Crippen LogP) is 3.79. The van der Waals surface area contributed by atoms with E-state index in [4.69, 9.17) is 4.74 Å². The summed E-state index contributed by atoms with van der Waals surface area (Å²) in [5.41, 5.74) is 0.494. The Balaban J connectivity index is 1.69. The number of hydrogen-bond acceptors (Lipinski definition) is 5. The number of alkyl halides is 2. The van der Waals surface area contributed by atoms with E-state index in [0.29, 0.717) is 31.1 Å². The normalized spacial score (nSPS) is 16.8. The molecule has 0 bridgehead atoms. The number of carbonyl (C=O) groups is 1. The Morgan fingerprint density at radius 3 is 2.89 bits per heavy atom. The van der Waals surface area contributed by atoms with Gasteiger partial charge in [-0.2, -0.15) is 18.2 Å². The first-order valence-electron chi connectivity index (χ1n) is 8.48. The van der Waals surface area contributed by atoms with Gasteiger partial charge in [0.2, 0.25) is 5.82 Å². The van der Waals surface area contributed by atoms with Crippen LogP contribution in [0.4, 0.5) is 13.2 Å². The largest absolute Gasteiger partial charge is 0.470 e. The minimum absolute atomic E-state index is 0.130. The lowest BCUT2D eigenvalue weighted by molar-refractivity contribution is 0.0766. The van der Waals surface area contributed by atoms with E-state index >= 15 is 0 Å². The average Bonchev–Trinajstić information content (AvgIpc) is 3.11. The molecular weight excluding hydrogens is 379 g/mol. The third kappa shape index (κ3) is 4.52. The van der Waals surface area contributed by atoms with Crippen LogP contribution in [0.5, 0.6) is 5.88 Å². The first kappa shape index (κ1) is 19.5. The number of aryl methyl sites for hydroxylation is 1. The van der Waals surface area contributed by atoms with Gasteiger partial charge >= 0.3 is 0 Å². The van der Waals surface area contributed by atoms with E-state index in [1.54, 1.807) is 19.1 Å². The number of halogens is 3. The molecule has 9 heteroatoms. The van der Waals surface area contributed by atoms with Crippen molar-refractivity contribution in [2.45, 2.75) is 36.5 Å². The highest BCUT2D eigenvalue weighted by Crippen LogP contribution is 2.30. The third-order valence-corrected chi connectivity index (χ3v) is 5.00. The number of aromatic nitrogens is 2. The molecule has 1 aromatic heterocycles. The van der Waals surface area contributed by atoms with Crippen molar-refractivity contribution in [3.63, 3.8) is 0 Å². The van der Waals surface area contributed by atoms with Crippen molar-refractivity contribution in [1.82, 2.24) is 14.9 Å². The topological polar surface area (TPSA) is 55.3 Å². The van der Waals surface area contributed by atoms with Gasteiger partial charge in [-0.05, 0) is 18.6 Å². The first-order chi connectivity index (χ1) is 13.0. The molecule has 5 nitrogen and oxygen atoms in total. The second kappa shape index (κ2) is 8.60. The molecule has 144 valence electrons. The second-order valence-corrected chi connectivity index (χ2v) is 6.98. The molecule has 1 aliphatic rings. The molecule has 1 atom stereocenters. The highest BCUT2D eigenvalue weighted by molar-refractivity contribution is 7.99. The molecule has 1 fully saturated rings. The van der Waals surface area contributed by atoms with Gasteiger partial charge in [0.25, 0.3) is 17.5 Å². The van der Waals surface area contributed by atoms with E-state index < -0.39 is 17.7 Å². The van der Waals surface area contributed by atoms with Crippen molar-refractivity contribution in [3.8, 4) is 5.88 Å².